The maximum Gasteiger partial charge on any atom is 0.336 e. The molecule has 8 heteroatoms. The molecule has 0 aromatic heterocycles. The van der Waals surface area contributed by atoms with E-state index < -0.39 is 17.9 Å². The van der Waals surface area contributed by atoms with Crippen LogP contribution in [0.2, 0.25) is 5.02 Å². The Morgan fingerprint density at radius 2 is 1.44 bits per heavy atom. The summed E-state index contributed by atoms with van der Waals surface area (Å²) in [7, 11) is 5.52. The van der Waals surface area contributed by atoms with E-state index in [9.17, 15) is 9.59 Å². The summed E-state index contributed by atoms with van der Waals surface area (Å²) < 4.78 is 20.5. The molecule has 0 atom stereocenters. The third-order valence-electron chi connectivity index (χ3n) is 4.36. The first-order chi connectivity index (χ1) is 12.8. The molecule has 1 aliphatic heterocycles. The molecular weight excluding hydrogens is 374 g/mol. The second-order valence-electron chi connectivity index (χ2n) is 5.86. The Kier molecular flexibility index (Phi) is 6.38. The minimum absolute atomic E-state index is 0.284. The Labute approximate surface area is 162 Å². The first-order valence-corrected chi connectivity index (χ1v) is 8.45. The molecule has 0 amide bonds. The zero-order valence-corrected chi connectivity index (χ0v) is 16.8. The molecule has 0 unspecified atom stereocenters. The molecule has 7 nitrogen and oxygen atoms in total. The van der Waals surface area contributed by atoms with Gasteiger partial charge in [-0.3, -0.25) is 0 Å². The second kappa shape index (κ2) is 8.35. The average molecular weight is 396 g/mol. The van der Waals surface area contributed by atoms with E-state index in [2.05, 4.69) is 5.32 Å². The van der Waals surface area contributed by atoms with E-state index >= 15 is 0 Å². The van der Waals surface area contributed by atoms with Crippen LogP contribution in [-0.2, 0) is 19.1 Å². The molecule has 0 bridgehead atoms. The molecular formula is C19H22ClNO6. The van der Waals surface area contributed by atoms with Crippen molar-refractivity contribution in [3.63, 3.8) is 0 Å². The molecule has 0 fully saturated rings. The van der Waals surface area contributed by atoms with E-state index in [1.54, 1.807) is 26.0 Å². The lowest BCUT2D eigenvalue weighted by atomic mass is 9.80. The van der Waals surface area contributed by atoms with Crippen LogP contribution in [-0.4, -0.2) is 40.4 Å². The van der Waals surface area contributed by atoms with Crippen LogP contribution in [0.5, 0.6) is 11.5 Å². The number of carbonyl (C=O) groups excluding carboxylic acids is 2. The van der Waals surface area contributed by atoms with Crippen molar-refractivity contribution in [3.05, 3.63) is 45.3 Å². The van der Waals surface area contributed by atoms with Crippen molar-refractivity contribution in [1.82, 2.24) is 5.32 Å². The van der Waals surface area contributed by atoms with Gasteiger partial charge in [0.2, 0.25) is 0 Å². The Bertz CT molecular complexity index is 805. The van der Waals surface area contributed by atoms with Gasteiger partial charge in [0.25, 0.3) is 0 Å². The number of ether oxygens (including phenoxy) is 4. The molecule has 146 valence electrons. The molecule has 1 aliphatic rings. The number of esters is 2. The molecule has 0 saturated carbocycles. The first kappa shape index (κ1) is 20.6. The van der Waals surface area contributed by atoms with Gasteiger partial charge in [0, 0.05) is 11.4 Å². The van der Waals surface area contributed by atoms with E-state index in [0.29, 0.717) is 28.5 Å². The molecule has 0 saturated heterocycles. The van der Waals surface area contributed by atoms with Crippen LogP contribution >= 0.6 is 11.6 Å². The quantitative estimate of drug-likeness (QED) is 0.767. The fourth-order valence-electron chi connectivity index (χ4n) is 3.19. The Hall–Kier alpha value is -2.67. The molecule has 2 rings (SSSR count). The van der Waals surface area contributed by atoms with Gasteiger partial charge >= 0.3 is 11.9 Å². The number of benzene rings is 1. The van der Waals surface area contributed by atoms with E-state index in [0.717, 1.165) is 0 Å². The van der Waals surface area contributed by atoms with Crippen molar-refractivity contribution in [3.8, 4) is 11.5 Å². The number of allylic oxidation sites excluding steroid dienone is 2. The highest BCUT2D eigenvalue weighted by Crippen LogP contribution is 2.44. The number of carbonyl (C=O) groups is 2. The van der Waals surface area contributed by atoms with Crippen molar-refractivity contribution in [2.75, 3.05) is 28.4 Å². The summed E-state index contributed by atoms with van der Waals surface area (Å²) in [5.74, 6) is -1.14. The number of rotatable bonds is 5. The number of dihydropyridines is 1. The Balaban J connectivity index is 2.79. The zero-order valence-electron chi connectivity index (χ0n) is 16.1. The minimum Gasteiger partial charge on any atom is -0.493 e. The van der Waals surface area contributed by atoms with Gasteiger partial charge in [0.15, 0.2) is 11.5 Å². The van der Waals surface area contributed by atoms with Crippen LogP contribution in [0.25, 0.3) is 0 Å². The van der Waals surface area contributed by atoms with Crippen molar-refractivity contribution in [1.29, 1.82) is 0 Å². The van der Waals surface area contributed by atoms with Gasteiger partial charge in [-0.2, -0.15) is 0 Å². The van der Waals surface area contributed by atoms with Crippen LogP contribution in [0, 0.1) is 0 Å². The van der Waals surface area contributed by atoms with Crippen molar-refractivity contribution in [2.24, 2.45) is 0 Å². The smallest absolute Gasteiger partial charge is 0.336 e. The molecule has 1 aromatic carbocycles. The molecule has 1 N–H and O–H groups in total. The summed E-state index contributed by atoms with van der Waals surface area (Å²) >= 11 is 6.34. The van der Waals surface area contributed by atoms with Crippen molar-refractivity contribution < 1.29 is 28.5 Å². The first-order valence-electron chi connectivity index (χ1n) is 8.07. The number of halogens is 1. The van der Waals surface area contributed by atoms with Crippen LogP contribution in [0.3, 0.4) is 0 Å². The lowest BCUT2D eigenvalue weighted by Gasteiger charge is -2.30. The van der Waals surface area contributed by atoms with Crippen LogP contribution in [0.15, 0.2) is 34.7 Å². The second-order valence-corrected chi connectivity index (χ2v) is 6.26. The third kappa shape index (κ3) is 3.73. The normalized spacial score (nSPS) is 14.6. The minimum atomic E-state index is -0.747. The predicted molar refractivity (Wildman–Crippen MR) is 99.9 cm³/mol. The summed E-state index contributed by atoms with van der Waals surface area (Å²) in [5, 5.41) is 3.33. The zero-order chi connectivity index (χ0) is 20.3. The lowest BCUT2D eigenvalue weighted by molar-refractivity contribution is -0.137. The van der Waals surface area contributed by atoms with Crippen LogP contribution in [0.4, 0.5) is 0 Å². The number of nitrogens with one attached hydrogen (secondary N) is 1. The molecule has 0 radical (unpaired) electrons. The van der Waals surface area contributed by atoms with Gasteiger partial charge in [-0.1, -0.05) is 11.6 Å². The van der Waals surface area contributed by atoms with Gasteiger partial charge in [-0.05, 0) is 31.5 Å². The number of methoxy groups -OCH3 is 4. The fourth-order valence-corrected chi connectivity index (χ4v) is 3.49. The lowest BCUT2D eigenvalue weighted by Crippen LogP contribution is -2.32. The van der Waals surface area contributed by atoms with Crippen molar-refractivity contribution in [2.45, 2.75) is 19.8 Å². The van der Waals surface area contributed by atoms with Gasteiger partial charge < -0.3 is 24.3 Å². The summed E-state index contributed by atoms with van der Waals surface area (Å²) in [4.78, 5) is 25.0. The van der Waals surface area contributed by atoms with Gasteiger partial charge in [0.05, 0.1) is 50.5 Å². The monoisotopic (exact) mass is 395 g/mol. The summed E-state index contributed by atoms with van der Waals surface area (Å²) in [6.45, 7) is 3.47. The highest BCUT2D eigenvalue weighted by atomic mass is 35.5. The van der Waals surface area contributed by atoms with E-state index in [4.69, 9.17) is 30.5 Å². The standard InChI is InChI=1S/C19H22ClNO6/c1-9-14(18(22)26-5)16(15(10(2)21-9)19(23)27-6)11-7-12(20)17(25-4)13(8-11)24-3/h7-8,16,21H,1-6H3. The highest BCUT2D eigenvalue weighted by Gasteiger charge is 2.38. The van der Waals surface area contributed by atoms with Crippen molar-refractivity contribution >= 4 is 23.5 Å². The van der Waals surface area contributed by atoms with Gasteiger partial charge in [0.1, 0.15) is 0 Å². The Morgan fingerprint density at radius 3 is 1.85 bits per heavy atom. The summed E-state index contributed by atoms with van der Waals surface area (Å²) in [6, 6.07) is 3.30. The Morgan fingerprint density at radius 1 is 0.926 bits per heavy atom. The maximum atomic E-state index is 12.5. The average Bonchev–Trinajstić information content (AvgIpc) is 2.65. The summed E-state index contributed by atoms with van der Waals surface area (Å²) in [6.07, 6.45) is 0. The van der Waals surface area contributed by atoms with E-state index in [-0.39, 0.29) is 16.2 Å². The molecule has 0 spiro atoms. The third-order valence-corrected chi connectivity index (χ3v) is 4.64. The number of hydrogen-bond acceptors (Lipinski definition) is 7. The van der Waals surface area contributed by atoms with Crippen LogP contribution < -0.4 is 14.8 Å². The topological polar surface area (TPSA) is 83.1 Å². The van der Waals surface area contributed by atoms with Gasteiger partial charge in [-0.25, -0.2) is 9.59 Å². The highest BCUT2D eigenvalue weighted by molar-refractivity contribution is 6.32. The predicted octanol–water partition coefficient (Wildman–Crippen LogP) is 2.94. The summed E-state index contributed by atoms with van der Waals surface area (Å²) in [5.41, 5.74) is 2.28. The van der Waals surface area contributed by atoms with Gasteiger partial charge in [-0.15, -0.1) is 0 Å². The molecule has 0 aliphatic carbocycles. The maximum absolute atomic E-state index is 12.5. The number of hydrogen-bond donors (Lipinski definition) is 1. The van der Waals surface area contributed by atoms with E-state index in [1.807, 2.05) is 0 Å². The SMILES string of the molecule is COC(=O)C1=C(C)NC(C)=C(C(=O)OC)C1c1cc(Cl)c(OC)c(OC)c1. The molecule has 27 heavy (non-hydrogen) atoms. The fraction of sp³-hybridized carbons (Fsp3) is 0.368. The molecule has 1 aromatic rings. The molecule has 1 heterocycles. The van der Waals surface area contributed by atoms with E-state index in [1.165, 1.54) is 28.4 Å². The van der Waals surface area contributed by atoms with Crippen LogP contribution in [0.1, 0.15) is 25.3 Å². The largest absolute Gasteiger partial charge is 0.493 e.